The van der Waals surface area contributed by atoms with E-state index in [1.165, 1.54) is 0 Å². The number of aliphatic carboxylic acids is 1. The smallest absolute Gasteiger partial charge is 0.364 e. The van der Waals surface area contributed by atoms with E-state index < -0.39 is 414 Å². The molecule has 4 amide bonds. The van der Waals surface area contributed by atoms with Gasteiger partial charge in [-0.15, -0.1) is 0 Å². The van der Waals surface area contributed by atoms with Crippen molar-refractivity contribution in [2.45, 2.75) is 347 Å². The molecular weight excluding hydrogens is 1770 g/mol. The molecule has 10 aliphatic rings. The largest absolute Gasteiger partial charge is 0.477 e. The van der Waals surface area contributed by atoms with Crippen LogP contribution < -0.4 is 21.3 Å². The third-order valence-corrected chi connectivity index (χ3v) is 23.4. The molecule has 0 spiro atoms. The number of carbonyl (C=O) groups excluding carboxylic acids is 4. The molecular formula is C71H118N4O54. The summed E-state index contributed by atoms with van der Waals surface area (Å²) in [7, 11) is 0. The molecule has 10 aliphatic heterocycles. The lowest BCUT2D eigenvalue weighted by Gasteiger charge is -2.51. The van der Waals surface area contributed by atoms with Gasteiger partial charge in [0.2, 0.25) is 23.6 Å². The lowest BCUT2D eigenvalue weighted by atomic mass is 9.88. The number of carbonyl (C=O) groups is 5. The topological polar surface area (TPSA) is 916 Å². The SMILES string of the molecule is CC(=O)N[C@@H]1[C@@H](O)[C@H](O[C@@H]2O[C@H](CO)[C@@H](O[C@@H]3O[C@H](CO[C@@H]4O[C@H](CO[C@@H]5O[C@H](CO)[C@@H](O)[C@H](O)[C@@H]5O)[C@@H](O)[C@H](O[C@@H]5O[C@H](CO)[C@@H](O)[C@H](O)[C@@H]5O)[C@@H]4O)[C@@H](O)[C@H](O[C@@H]4O[C@H](CO)[C@@H](O)[C@H](O)[C@@H]4O[C@@H]4O[C@H](CO)[C@@H](O[C@@H]5O[C@H](CO[C@@]6(C(=O)O)C[C@H](O)[C@@H](NC(C)=O)[C@H]([C@H](O)[C@H](O)CO)O6)[C@H](O)[C@H](O)[C@H]5O)[C@H](O)[C@H]4NC(C)=O)[C@@H]3O)[C@H](O)[C@H]2NC(C)=O)[C@@H](CO)O[C@H]1O. The zero-order valence-corrected chi connectivity index (χ0v) is 68.9. The molecule has 10 saturated heterocycles. The van der Waals surface area contributed by atoms with Gasteiger partial charge in [0, 0.05) is 34.1 Å². The van der Waals surface area contributed by atoms with Gasteiger partial charge in [0.05, 0.1) is 78.2 Å². The molecule has 0 aromatic rings. The van der Waals surface area contributed by atoms with Crippen molar-refractivity contribution in [2.75, 3.05) is 66.1 Å². The molecule has 10 fully saturated rings. The van der Waals surface area contributed by atoms with Crippen LogP contribution in [0.4, 0.5) is 0 Å². The fraction of sp³-hybridized carbons (Fsp3) is 0.930. The first kappa shape index (κ1) is 106. The molecule has 0 aliphatic carbocycles. The average molecular weight is 1890 g/mol. The summed E-state index contributed by atoms with van der Waals surface area (Å²) < 4.78 is 111. The lowest BCUT2D eigenvalue weighted by molar-refractivity contribution is -0.399. The van der Waals surface area contributed by atoms with E-state index in [1.54, 1.807) is 0 Å². The quantitative estimate of drug-likeness (QED) is 0.0280. The van der Waals surface area contributed by atoms with Crippen molar-refractivity contribution in [3.05, 3.63) is 0 Å². The van der Waals surface area contributed by atoms with E-state index in [-0.39, 0.29) is 0 Å². The predicted octanol–water partition coefficient (Wildman–Crippen LogP) is -23.0. The third kappa shape index (κ3) is 23.6. The molecule has 58 nitrogen and oxygen atoms in total. The molecule has 51 atom stereocenters. The Balaban J connectivity index is 0.960. The molecule has 0 unspecified atom stereocenters. The number of ether oxygens (including phenoxy) is 19. The average Bonchev–Trinajstić information content (AvgIpc) is 1.29. The molecule has 58 heteroatoms. The summed E-state index contributed by atoms with van der Waals surface area (Å²) in [5, 5.41) is 343. The Hall–Kier alpha value is -4.57. The maximum absolute atomic E-state index is 13.2. The highest BCUT2D eigenvalue weighted by atomic mass is 16.8. The van der Waals surface area contributed by atoms with Gasteiger partial charge >= 0.3 is 5.97 Å². The normalized spacial score (nSPS) is 48.1. The van der Waals surface area contributed by atoms with Crippen LogP contribution in [-0.4, -0.2) is 561 Å². The van der Waals surface area contributed by atoms with Crippen molar-refractivity contribution < 1.29 is 267 Å². The third-order valence-electron chi connectivity index (χ3n) is 23.4. The molecule has 0 radical (unpaired) electrons. The highest BCUT2D eigenvalue weighted by Gasteiger charge is 2.63. The number of nitrogens with one attached hydrogen (secondary N) is 4. The minimum absolute atomic E-state index is 0.815. The molecule has 0 saturated carbocycles. The number of carboxylic acid groups (broad SMARTS) is 1. The van der Waals surface area contributed by atoms with Gasteiger partial charge < -0.3 is 264 Å². The van der Waals surface area contributed by atoms with Crippen molar-refractivity contribution in [1.29, 1.82) is 0 Å². The van der Waals surface area contributed by atoms with E-state index in [0.29, 0.717) is 0 Å². The van der Waals surface area contributed by atoms with Gasteiger partial charge in [0.15, 0.2) is 56.6 Å². The van der Waals surface area contributed by atoms with E-state index in [0.717, 1.165) is 27.7 Å². The van der Waals surface area contributed by atoms with Gasteiger partial charge in [-0.05, 0) is 0 Å². The van der Waals surface area contributed by atoms with Crippen molar-refractivity contribution in [3.8, 4) is 0 Å². The molecule has 746 valence electrons. The monoisotopic (exact) mass is 1890 g/mol. The Bertz CT molecular complexity index is 3550. The Morgan fingerprint density at radius 1 is 0.318 bits per heavy atom. The van der Waals surface area contributed by atoms with Crippen LogP contribution in [0.25, 0.3) is 0 Å². The molecule has 34 N–H and O–H groups in total. The van der Waals surface area contributed by atoms with Crippen LogP contribution >= 0.6 is 0 Å². The molecule has 129 heavy (non-hydrogen) atoms. The van der Waals surface area contributed by atoms with Crippen LogP contribution in [0, 0.1) is 0 Å². The summed E-state index contributed by atoms with van der Waals surface area (Å²) >= 11 is 0. The minimum atomic E-state index is -3.11. The number of carboxylic acids is 1. The van der Waals surface area contributed by atoms with Gasteiger partial charge in [0.25, 0.3) is 5.79 Å². The van der Waals surface area contributed by atoms with E-state index in [9.17, 15) is 177 Å². The van der Waals surface area contributed by atoms with Crippen molar-refractivity contribution in [3.63, 3.8) is 0 Å². The first-order valence-electron chi connectivity index (χ1n) is 40.8. The van der Waals surface area contributed by atoms with Gasteiger partial charge in [-0.1, -0.05) is 0 Å². The van der Waals surface area contributed by atoms with Crippen molar-refractivity contribution in [1.82, 2.24) is 21.3 Å². The lowest BCUT2D eigenvalue weighted by Crippen LogP contribution is -2.71. The minimum Gasteiger partial charge on any atom is -0.477 e. The van der Waals surface area contributed by atoms with Crippen LogP contribution in [0.2, 0.25) is 0 Å². The maximum atomic E-state index is 13.2. The fourth-order valence-corrected chi connectivity index (χ4v) is 16.4. The Morgan fingerprint density at radius 3 is 1.06 bits per heavy atom. The predicted molar refractivity (Wildman–Crippen MR) is 393 cm³/mol. The van der Waals surface area contributed by atoms with Gasteiger partial charge in [-0.2, -0.15) is 0 Å². The van der Waals surface area contributed by atoms with E-state index in [4.69, 9.17) is 90.0 Å². The number of aliphatic hydroxyl groups is 29. The Morgan fingerprint density at radius 2 is 0.628 bits per heavy atom. The second-order valence-corrected chi connectivity index (χ2v) is 32.5. The van der Waals surface area contributed by atoms with E-state index >= 15 is 0 Å². The van der Waals surface area contributed by atoms with Crippen LogP contribution in [-0.2, 0) is 114 Å². The zero-order valence-electron chi connectivity index (χ0n) is 68.9. The highest BCUT2D eigenvalue weighted by Crippen LogP contribution is 2.42. The molecule has 10 rings (SSSR count). The van der Waals surface area contributed by atoms with Gasteiger partial charge in [-0.25, -0.2) is 4.79 Å². The molecule has 0 aromatic heterocycles. The summed E-state index contributed by atoms with van der Waals surface area (Å²) in [4.78, 5) is 63.7. The van der Waals surface area contributed by atoms with Gasteiger partial charge in [-0.3, -0.25) is 19.2 Å². The van der Waals surface area contributed by atoms with Crippen LogP contribution in [0.15, 0.2) is 0 Å². The molecule has 10 heterocycles. The maximum Gasteiger partial charge on any atom is 0.364 e. The summed E-state index contributed by atoms with van der Waals surface area (Å²) in [6, 6.07) is -7.48. The van der Waals surface area contributed by atoms with Gasteiger partial charge in [0.1, 0.15) is 238 Å². The number of hydrogen-bond acceptors (Lipinski definition) is 53. The highest BCUT2D eigenvalue weighted by molar-refractivity contribution is 5.77. The van der Waals surface area contributed by atoms with E-state index in [2.05, 4.69) is 21.3 Å². The number of aliphatic hydroxyl groups excluding tert-OH is 29. The summed E-state index contributed by atoms with van der Waals surface area (Å²) in [5.41, 5.74) is 0. The standard InChI is InChI=1S/C71H118N4O54/c1-16(83)72-31-20(87)5-71(70(109)110,129-57(31)35(89)21(88)6-76)113-15-30-39(93)47(101)51(105)67(122-30)124-55-26(11-81)119-63(34(44(55)98)75-19(4)86)128-60-48(102)38(92)24(9-79)117-69(60)127-59-41(95)29(121-68(53(59)107)125-56-27(12-82)118-62(33(43(56)97)74-18(3)85)123-54-25(10-80)114-61(108)32(42(54)96)73-17(2)84)14-112-65-52(106)58(126-66-50(104)46(100)37(91)23(8-78)116-66)40(94)28(120-65)13-111-64-49(103)45(99)36(90)22(7-77)115-64/h20-69,76-82,87-108H,5-15H2,1-4H3,(H,72,83)(H,73,84)(H,74,85)(H,75,86)(H,109,110)/t20-,21+,22+,23+,24+,25+,26+,27+,28+,29+,30+,31+,32+,33+,34+,35+,36+,37+,38+,39-,40+,41+,42+,43+,44+,45-,46-,47-,48-,49-,50-,51+,52-,53-,54+,55+,56+,57+,58-,59-,60-,61+,62-,63-,64+,65+,66-,67-,68-,69-,71-/m0/s1. The fourth-order valence-electron chi connectivity index (χ4n) is 16.4. The van der Waals surface area contributed by atoms with E-state index in [1.807, 2.05) is 0 Å². The van der Waals surface area contributed by atoms with Crippen LogP contribution in [0.1, 0.15) is 34.1 Å². The number of hydrogen-bond donors (Lipinski definition) is 34. The number of amides is 4. The van der Waals surface area contributed by atoms with Crippen molar-refractivity contribution in [2.24, 2.45) is 0 Å². The first-order valence-corrected chi connectivity index (χ1v) is 40.8. The van der Waals surface area contributed by atoms with Crippen LogP contribution in [0.3, 0.4) is 0 Å². The second kappa shape index (κ2) is 46.1. The summed E-state index contributed by atoms with van der Waals surface area (Å²) in [5.74, 6) is -8.88. The molecule has 0 bridgehead atoms. The Kier molecular flexibility index (Phi) is 38.0. The summed E-state index contributed by atoms with van der Waals surface area (Å²) in [6.07, 6.45) is -102. The zero-order chi connectivity index (χ0) is 95.3. The molecule has 0 aromatic carbocycles. The first-order chi connectivity index (χ1) is 60.8. The number of rotatable bonds is 35. The second-order valence-electron chi connectivity index (χ2n) is 32.5. The summed E-state index contributed by atoms with van der Waals surface area (Å²) in [6.45, 7) is -7.86. The van der Waals surface area contributed by atoms with Crippen LogP contribution in [0.5, 0.6) is 0 Å². The Labute approximate surface area is 728 Å². The van der Waals surface area contributed by atoms with Crippen molar-refractivity contribution >= 4 is 29.6 Å².